The van der Waals surface area contributed by atoms with Crippen LogP contribution in [0.1, 0.15) is 26.1 Å². The van der Waals surface area contributed by atoms with E-state index < -0.39 is 6.04 Å². The second-order valence-corrected chi connectivity index (χ2v) is 4.77. The molecule has 1 aromatic rings. The Morgan fingerprint density at radius 2 is 2.24 bits per heavy atom. The van der Waals surface area contributed by atoms with Gasteiger partial charge in [0.1, 0.15) is 12.4 Å². The molecule has 0 fully saturated rings. The third-order valence-corrected chi connectivity index (χ3v) is 3.06. The van der Waals surface area contributed by atoms with E-state index >= 15 is 0 Å². The van der Waals surface area contributed by atoms with Crippen LogP contribution in [0.2, 0.25) is 0 Å². The normalized spacial score (nSPS) is 12.0. The van der Waals surface area contributed by atoms with Crippen LogP contribution < -0.4 is 5.32 Å². The van der Waals surface area contributed by atoms with Crippen molar-refractivity contribution in [3.05, 3.63) is 12.2 Å². The molecular formula is C13H23N5O3. The van der Waals surface area contributed by atoms with Crippen molar-refractivity contribution in [2.45, 2.75) is 39.4 Å². The van der Waals surface area contributed by atoms with E-state index in [0.717, 1.165) is 0 Å². The number of carbonyl (C=O) groups is 2. The highest BCUT2D eigenvalue weighted by molar-refractivity contribution is 5.86. The molecule has 118 valence electrons. The molecule has 1 N–H and O–H groups in total. The monoisotopic (exact) mass is 297 g/mol. The van der Waals surface area contributed by atoms with Crippen molar-refractivity contribution in [3.63, 3.8) is 0 Å². The summed E-state index contributed by atoms with van der Waals surface area (Å²) in [6.07, 6.45) is 1.96. The van der Waals surface area contributed by atoms with Gasteiger partial charge in [0.05, 0.1) is 13.2 Å². The summed E-state index contributed by atoms with van der Waals surface area (Å²) in [5.74, 6) is 0.363. The number of ether oxygens (including phenoxy) is 1. The van der Waals surface area contributed by atoms with Crippen LogP contribution in [-0.4, -0.2) is 58.3 Å². The lowest BCUT2D eigenvalue weighted by atomic mass is 10.2. The summed E-state index contributed by atoms with van der Waals surface area (Å²) >= 11 is 0. The summed E-state index contributed by atoms with van der Waals surface area (Å²) in [6.45, 7) is 4.92. The molecule has 1 unspecified atom stereocenters. The minimum atomic E-state index is -0.558. The van der Waals surface area contributed by atoms with E-state index in [1.54, 1.807) is 34.3 Å². The van der Waals surface area contributed by atoms with E-state index in [0.29, 0.717) is 31.9 Å². The van der Waals surface area contributed by atoms with Crippen molar-refractivity contribution in [1.29, 1.82) is 0 Å². The van der Waals surface area contributed by atoms with Gasteiger partial charge in [0.15, 0.2) is 5.82 Å². The molecule has 1 rings (SSSR count). The molecule has 0 aliphatic heterocycles. The number of hydrogen-bond donors (Lipinski definition) is 1. The van der Waals surface area contributed by atoms with Gasteiger partial charge >= 0.3 is 0 Å². The second-order valence-electron chi connectivity index (χ2n) is 4.77. The molecule has 1 heterocycles. The Bertz CT molecular complexity index is 474. The standard InChI is InChI=1S/C13H23N5O3/c1-5-12(19)15-10(2)13(20)17(3)8-11-16-14-9-18(11)6-7-21-4/h9-10H,5-8H2,1-4H3,(H,15,19). The number of nitrogens with zero attached hydrogens (tertiary/aromatic N) is 4. The zero-order valence-corrected chi connectivity index (χ0v) is 13.0. The highest BCUT2D eigenvalue weighted by atomic mass is 16.5. The van der Waals surface area contributed by atoms with Gasteiger partial charge in [0.25, 0.3) is 0 Å². The molecule has 0 aromatic carbocycles. The molecule has 0 aliphatic carbocycles. The second kappa shape index (κ2) is 8.35. The van der Waals surface area contributed by atoms with Gasteiger partial charge in [0, 0.05) is 27.1 Å². The zero-order valence-electron chi connectivity index (χ0n) is 13.0. The summed E-state index contributed by atoms with van der Waals surface area (Å²) in [5.41, 5.74) is 0. The third kappa shape index (κ3) is 5.14. The number of amides is 2. The quantitative estimate of drug-likeness (QED) is 0.717. The zero-order chi connectivity index (χ0) is 15.8. The van der Waals surface area contributed by atoms with Crippen LogP contribution in [0, 0.1) is 0 Å². The predicted octanol–water partition coefficient (Wildman–Crippen LogP) is -0.202. The van der Waals surface area contributed by atoms with Gasteiger partial charge < -0.3 is 19.5 Å². The molecule has 8 nitrogen and oxygen atoms in total. The first-order chi connectivity index (χ1) is 9.99. The van der Waals surface area contributed by atoms with Crippen molar-refractivity contribution in [1.82, 2.24) is 25.0 Å². The first-order valence-corrected chi connectivity index (χ1v) is 6.89. The molecule has 0 radical (unpaired) electrons. The summed E-state index contributed by atoms with van der Waals surface area (Å²) in [6, 6.07) is -0.558. The van der Waals surface area contributed by atoms with E-state index in [2.05, 4.69) is 15.5 Å². The van der Waals surface area contributed by atoms with Crippen molar-refractivity contribution in [2.24, 2.45) is 0 Å². The Morgan fingerprint density at radius 3 is 2.86 bits per heavy atom. The number of likely N-dealkylation sites (N-methyl/N-ethyl adjacent to an activating group) is 1. The Morgan fingerprint density at radius 1 is 1.52 bits per heavy atom. The Balaban J connectivity index is 2.59. The first-order valence-electron chi connectivity index (χ1n) is 6.89. The van der Waals surface area contributed by atoms with Gasteiger partial charge in [-0.2, -0.15) is 0 Å². The maximum absolute atomic E-state index is 12.2. The number of methoxy groups -OCH3 is 1. The Hall–Kier alpha value is -1.96. The molecule has 2 amide bonds. The molecule has 8 heteroatoms. The van der Waals surface area contributed by atoms with Crippen LogP contribution in [-0.2, 0) is 27.4 Å². The van der Waals surface area contributed by atoms with Gasteiger partial charge in [-0.1, -0.05) is 6.92 Å². The van der Waals surface area contributed by atoms with Crippen molar-refractivity contribution in [3.8, 4) is 0 Å². The molecule has 0 bridgehead atoms. The molecule has 0 saturated carbocycles. The fraction of sp³-hybridized carbons (Fsp3) is 0.692. The van der Waals surface area contributed by atoms with Crippen LogP contribution in [0.15, 0.2) is 6.33 Å². The third-order valence-electron chi connectivity index (χ3n) is 3.06. The maximum atomic E-state index is 12.2. The average molecular weight is 297 g/mol. The van der Waals surface area contributed by atoms with Crippen LogP contribution in [0.4, 0.5) is 0 Å². The van der Waals surface area contributed by atoms with Gasteiger partial charge in [-0.3, -0.25) is 9.59 Å². The fourth-order valence-electron chi connectivity index (χ4n) is 1.80. The van der Waals surface area contributed by atoms with Gasteiger partial charge in [-0.25, -0.2) is 0 Å². The van der Waals surface area contributed by atoms with Gasteiger partial charge in [0.2, 0.25) is 11.8 Å². The summed E-state index contributed by atoms with van der Waals surface area (Å²) in [4.78, 5) is 25.0. The largest absolute Gasteiger partial charge is 0.383 e. The minimum Gasteiger partial charge on any atom is -0.383 e. The van der Waals surface area contributed by atoms with E-state index in [1.165, 1.54) is 4.90 Å². The highest BCUT2D eigenvalue weighted by Gasteiger charge is 2.20. The molecule has 1 atom stereocenters. The smallest absolute Gasteiger partial charge is 0.245 e. The fourth-order valence-corrected chi connectivity index (χ4v) is 1.80. The minimum absolute atomic E-state index is 0.146. The predicted molar refractivity (Wildman–Crippen MR) is 76.3 cm³/mol. The van der Waals surface area contributed by atoms with Crippen molar-refractivity contribution in [2.75, 3.05) is 20.8 Å². The van der Waals surface area contributed by atoms with Crippen LogP contribution in [0.25, 0.3) is 0 Å². The van der Waals surface area contributed by atoms with Gasteiger partial charge in [-0.15, -0.1) is 10.2 Å². The average Bonchev–Trinajstić information content (AvgIpc) is 2.90. The van der Waals surface area contributed by atoms with Crippen LogP contribution in [0.3, 0.4) is 0 Å². The molecule has 0 spiro atoms. The molecule has 1 aromatic heterocycles. The van der Waals surface area contributed by atoms with E-state index in [1.807, 2.05) is 4.57 Å². The summed E-state index contributed by atoms with van der Waals surface area (Å²) in [7, 11) is 3.30. The molecular weight excluding hydrogens is 274 g/mol. The van der Waals surface area contributed by atoms with E-state index in [9.17, 15) is 9.59 Å². The lowest BCUT2D eigenvalue weighted by Gasteiger charge is -2.21. The first kappa shape index (κ1) is 17.1. The number of aromatic nitrogens is 3. The number of hydrogen-bond acceptors (Lipinski definition) is 5. The molecule has 0 aliphatic rings. The van der Waals surface area contributed by atoms with E-state index in [-0.39, 0.29) is 11.8 Å². The lowest BCUT2D eigenvalue weighted by Crippen LogP contribution is -2.45. The summed E-state index contributed by atoms with van der Waals surface area (Å²) in [5, 5.41) is 10.5. The maximum Gasteiger partial charge on any atom is 0.245 e. The SMILES string of the molecule is CCC(=O)NC(C)C(=O)N(C)Cc1nncn1CCOC. The van der Waals surface area contributed by atoms with E-state index in [4.69, 9.17) is 4.74 Å². The van der Waals surface area contributed by atoms with Crippen LogP contribution >= 0.6 is 0 Å². The number of carbonyl (C=O) groups excluding carboxylic acids is 2. The van der Waals surface area contributed by atoms with Crippen LogP contribution in [0.5, 0.6) is 0 Å². The Labute approximate surface area is 124 Å². The Kier molecular flexibility index (Phi) is 6.80. The summed E-state index contributed by atoms with van der Waals surface area (Å²) < 4.78 is 6.85. The van der Waals surface area contributed by atoms with Crippen molar-refractivity contribution >= 4 is 11.8 Å². The number of rotatable bonds is 8. The molecule has 0 saturated heterocycles. The lowest BCUT2D eigenvalue weighted by molar-refractivity contribution is -0.135. The van der Waals surface area contributed by atoms with Gasteiger partial charge in [-0.05, 0) is 6.92 Å². The topological polar surface area (TPSA) is 89.4 Å². The van der Waals surface area contributed by atoms with Crippen molar-refractivity contribution < 1.29 is 14.3 Å². The highest BCUT2D eigenvalue weighted by Crippen LogP contribution is 2.02. The number of nitrogens with one attached hydrogen (secondary N) is 1. The molecule has 21 heavy (non-hydrogen) atoms.